The van der Waals surface area contributed by atoms with Crippen LogP contribution in [0, 0.1) is 27.7 Å². The van der Waals surface area contributed by atoms with E-state index in [4.69, 9.17) is 0 Å². The molecule has 0 saturated carbocycles. The van der Waals surface area contributed by atoms with E-state index in [-0.39, 0.29) is 0 Å². The van der Waals surface area contributed by atoms with Gasteiger partial charge in [0.15, 0.2) is 0 Å². The Balaban J connectivity index is 2.25. The molecule has 0 fully saturated rings. The zero-order valence-corrected chi connectivity index (χ0v) is 14.0. The van der Waals surface area contributed by atoms with Crippen LogP contribution in [0.3, 0.4) is 0 Å². The van der Waals surface area contributed by atoms with Gasteiger partial charge in [-0.25, -0.2) is 13.4 Å². The number of nitrogens with one attached hydrogen (secondary N) is 1. The Morgan fingerprint density at radius 2 is 1.68 bits per heavy atom. The molecule has 0 amide bonds. The predicted molar refractivity (Wildman–Crippen MR) is 91.2 cm³/mol. The van der Waals surface area contributed by atoms with E-state index in [2.05, 4.69) is 9.71 Å². The number of hydrogen-bond donors (Lipinski definition) is 1. The molecule has 116 valence electrons. The largest absolute Gasteiger partial charge is 0.264 e. The molecule has 2 rings (SSSR count). The lowest BCUT2D eigenvalue weighted by molar-refractivity contribution is 0.609. The van der Waals surface area contributed by atoms with Crippen LogP contribution in [-0.2, 0) is 10.0 Å². The highest BCUT2D eigenvalue weighted by Crippen LogP contribution is 2.18. The molecule has 2 aromatic rings. The van der Waals surface area contributed by atoms with Gasteiger partial charge in [-0.15, -0.1) is 0 Å². The second-order valence-corrected chi connectivity index (χ2v) is 6.99. The van der Waals surface area contributed by atoms with Gasteiger partial charge in [0.2, 0.25) is 0 Å². The lowest BCUT2D eigenvalue weighted by atomic mass is 10.0. The third kappa shape index (κ3) is 4.18. The summed E-state index contributed by atoms with van der Waals surface area (Å²) in [5.41, 5.74) is 4.95. The maximum atomic E-state index is 12.1. The van der Waals surface area contributed by atoms with Crippen molar-refractivity contribution in [2.45, 2.75) is 27.7 Å². The molecule has 22 heavy (non-hydrogen) atoms. The minimum atomic E-state index is -3.59. The van der Waals surface area contributed by atoms with E-state index in [1.165, 1.54) is 5.41 Å². The normalized spacial score (nSPS) is 11.8. The third-order valence-electron chi connectivity index (χ3n) is 3.29. The first-order valence-corrected chi connectivity index (χ1v) is 8.54. The molecule has 5 heteroatoms. The van der Waals surface area contributed by atoms with E-state index in [1.807, 2.05) is 45.9 Å². The van der Waals surface area contributed by atoms with Crippen molar-refractivity contribution in [3.63, 3.8) is 0 Å². The molecule has 1 heterocycles. The molecule has 0 spiro atoms. The predicted octanol–water partition coefficient (Wildman–Crippen LogP) is 3.73. The first-order chi connectivity index (χ1) is 10.3. The molecular formula is C17H20N2O2S. The van der Waals surface area contributed by atoms with E-state index in [0.717, 1.165) is 27.9 Å². The SMILES string of the molecule is Cc1cc(C)c(C=CS(=O)(=O)Nc2cccc(C)n2)c(C)c1. The Morgan fingerprint density at radius 3 is 2.27 bits per heavy atom. The fourth-order valence-corrected chi connectivity index (χ4v) is 3.18. The first-order valence-electron chi connectivity index (χ1n) is 6.99. The van der Waals surface area contributed by atoms with Crippen LogP contribution in [0.2, 0.25) is 0 Å². The topological polar surface area (TPSA) is 59.1 Å². The highest BCUT2D eigenvalue weighted by atomic mass is 32.2. The summed E-state index contributed by atoms with van der Waals surface area (Å²) in [6, 6.07) is 9.27. The fourth-order valence-electron chi connectivity index (χ4n) is 2.39. The van der Waals surface area contributed by atoms with Crippen LogP contribution in [0.25, 0.3) is 6.08 Å². The Labute approximate surface area is 132 Å². The summed E-state index contributed by atoms with van der Waals surface area (Å²) in [5, 5.41) is 1.18. The van der Waals surface area contributed by atoms with Gasteiger partial charge in [0, 0.05) is 5.69 Å². The van der Waals surface area contributed by atoms with Crippen molar-refractivity contribution < 1.29 is 8.42 Å². The van der Waals surface area contributed by atoms with Crippen LogP contribution < -0.4 is 4.72 Å². The molecule has 0 radical (unpaired) electrons. The average molecular weight is 316 g/mol. The van der Waals surface area contributed by atoms with Gasteiger partial charge in [-0.3, -0.25) is 4.72 Å². The van der Waals surface area contributed by atoms with Gasteiger partial charge in [0.1, 0.15) is 5.82 Å². The number of anilines is 1. The highest BCUT2D eigenvalue weighted by Gasteiger charge is 2.08. The van der Waals surface area contributed by atoms with Crippen LogP contribution in [0.1, 0.15) is 27.9 Å². The monoisotopic (exact) mass is 316 g/mol. The second kappa shape index (κ2) is 6.32. The molecule has 0 aliphatic heterocycles. The Bertz CT molecular complexity index is 801. The summed E-state index contributed by atoms with van der Waals surface area (Å²) < 4.78 is 26.7. The van der Waals surface area contributed by atoms with Gasteiger partial charge in [-0.2, -0.15) is 0 Å². The molecular weight excluding hydrogens is 296 g/mol. The number of aromatic nitrogens is 1. The van der Waals surface area contributed by atoms with Crippen molar-refractivity contribution in [3.05, 3.63) is 63.7 Å². The number of benzene rings is 1. The van der Waals surface area contributed by atoms with E-state index in [0.29, 0.717) is 5.82 Å². The number of sulfonamides is 1. The van der Waals surface area contributed by atoms with Crippen molar-refractivity contribution in [2.75, 3.05) is 4.72 Å². The quantitative estimate of drug-likeness (QED) is 0.935. The minimum absolute atomic E-state index is 0.321. The van der Waals surface area contributed by atoms with Crippen molar-refractivity contribution in [1.29, 1.82) is 0 Å². The second-order valence-electron chi connectivity index (χ2n) is 5.43. The molecule has 0 aliphatic rings. The van der Waals surface area contributed by atoms with Gasteiger partial charge in [0.05, 0.1) is 5.41 Å². The zero-order chi connectivity index (χ0) is 16.3. The molecule has 0 aliphatic carbocycles. The van der Waals surface area contributed by atoms with E-state index >= 15 is 0 Å². The lowest BCUT2D eigenvalue weighted by Gasteiger charge is -2.08. The van der Waals surface area contributed by atoms with Crippen molar-refractivity contribution in [2.24, 2.45) is 0 Å². The first kappa shape index (κ1) is 16.2. The minimum Gasteiger partial charge on any atom is -0.264 e. The van der Waals surface area contributed by atoms with E-state index in [9.17, 15) is 8.42 Å². The zero-order valence-electron chi connectivity index (χ0n) is 13.2. The van der Waals surface area contributed by atoms with Crippen LogP contribution in [-0.4, -0.2) is 13.4 Å². The van der Waals surface area contributed by atoms with Gasteiger partial charge in [-0.05, 0) is 62.6 Å². The summed E-state index contributed by atoms with van der Waals surface area (Å²) in [5.74, 6) is 0.321. The average Bonchev–Trinajstić information content (AvgIpc) is 2.36. The maximum Gasteiger partial charge on any atom is 0.256 e. The van der Waals surface area contributed by atoms with Crippen LogP contribution >= 0.6 is 0 Å². The lowest BCUT2D eigenvalue weighted by Crippen LogP contribution is -2.10. The highest BCUT2D eigenvalue weighted by molar-refractivity contribution is 7.95. The van der Waals surface area contributed by atoms with Crippen LogP contribution in [0.4, 0.5) is 5.82 Å². The van der Waals surface area contributed by atoms with Gasteiger partial charge in [0.25, 0.3) is 10.0 Å². The Kier molecular flexibility index (Phi) is 4.66. The molecule has 1 aromatic heterocycles. The van der Waals surface area contributed by atoms with Crippen molar-refractivity contribution >= 4 is 21.9 Å². The molecule has 1 N–H and O–H groups in total. The number of hydrogen-bond acceptors (Lipinski definition) is 3. The third-order valence-corrected chi connectivity index (χ3v) is 4.28. The Hall–Kier alpha value is -2.14. The standard InChI is InChI=1S/C17H20N2O2S/c1-12-10-13(2)16(14(3)11-12)8-9-22(20,21)19-17-7-5-6-15(4)18-17/h5-11H,1-4H3,(H,18,19). The summed E-state index contributed by atoms with van der Waals surface area (Å²) in [4.78, 5) is 4.14. The smallest absolute Gasteiger partial charge is 0.256 e. The summed E-state index contributed by atoms with van der Waals surface area (Å²) in [6.45, 7) is 7.78. The number of aryl methyl sites for hydroxylation is 4. The molecule has 1 aromatic carbocycles. The van der Waals surface area contributed by atoms with E-state index in [1.54, 1.807) is 18.2 Å². The Morgan fingerprint density at radius 1 is 1.05 bits per heavy atom. The molecule has 4 nitrogen and oxygen atoms in total. The van der Waals surface area contributed by atoms with E-state index < -0.39 is 10.0 Å². The number of nitrogens with zero attached hydrogens (tertiary/aromatic N) is 1. The summed E-state index contributed by atoms with van der Waals surface area (Å²) in [6.07, 6.45) is 1.63. The summed E-state index contributed by atoms with van der Waals surface area (Å²) >= 11 is 0. The molecule has 0 unspecified atom stereocenters. The molecule has 0 atom stereocenters. The van der Waals surface area contributed by atoms with Gasteiger partial charge in [-0.1, -0.05) is 23.8 Å². The van der Waals surface area contributed by atoms with Crippen LogP contribution in [0.5, 0.6) is 0 Å². The van der Waals surface area contributed by atoms with Crippen LogP contribution in [0.15, 0.2) is 35.7 Å². The maximum absolute atomic E-state index is 12.1. The summed E-state index contributed by atoms with van der Waals surface area (Å²) in [7, 11) is -3.59. The van der Waals surface area contributed by atoms with Gasteiger partial charge < -0.3 is 0 Å². The fraction of sp³-hybridized carbons (Fsp3) is 0.235. The molecule has 0 saturated heterocycles. The van der Waals surface area contributed by atoms with Gasteiger partial charge >= 0.3 is 0 Å². The number of pyridine rings is 1. The van der Waals surface area contributed by atoms with Crippen molar-refractivity contribution in [3.8, 4) is 0 Å². The number of rotatable bonds is 4. The van der Waals surface area contributed by atoms with Crippen molar-refractivity contribution in [1.82, 2.24) is 4.98 Å². The molecule has 0 bridgehead atoms.